The number of carbonyl (C=O) groups excluding carboxylic acids is 1. The highest BCUT2D eigenvalue weighted by atomic mass is 32.2. The third-order valence-electron chi connectivity index (χ3n) is 6.27. The highest BCUT2D eigenvalue weighted by molar-refractivity contribution is 7.89. The lowest BCUT2D eigenvalue weighted by atomic mass is 9.97. The number of aromatic amines is 1. The molecule has 1 aromatic carbocycles. The first-order valence-electron chi connectivity index (χ1n) is 11.4. The molecule has 11 heteroatoms. The molecule has 0 spiro atoms. The summed E-state index contributed by atoms with van der Waals surface area (Å²) in [5.41, 5.74) is 1.15. The number of benzene rings is 1. The molecule has 2 aromatic heterocycles. The first-order chi connectivity index (χ1) is 16.9. The Labute approximate surface area is 204 Å². The summed E-state index contributed by atoms with van der Waals surface area (Å²) in [6, 6.07) is 11.2. The SMILES string of the molecule is CON=CC1CCN(C(=O)C(CCn2cccc2C#N)NS(=O)(=O)c2cccc3[nH]ccc23)CC1. The quantitative estimate of drug-likeness (QED) is 0.347. The van der Waals surface area contributed by atoms with E-state index in [2.05, 4.69) is 20.9 Å². The van der Waals surface area contributed by atoms with Crippen LogP contribution in [-0.4, -0.2) is 61.2 Å². The van der Waals surface area contributed by atoms with Crippen LogP contribution >= 0.6 is 0 Å². The van der Waals surface area contributed by atoms with Crippen LogP contribution in [-0.2, 0) is 26.2 Å². The standard InChI is InChI=1S/C24H28N6O4S/c1-34-27-17-18-8-13-30(14-9-18)24(31)22(10-15-29-12-3-4-19(29)16-25)28-35(32,33)23-6-2-5-21-20(23)7-11-26-21/h2-7,11-12,17-18,22,26,28H,8-10,13-15H2,1H3. The lowest BCUT2D eigenvalue weighted by molar-refractivity contribution is -0.134. The zero-order valence-electron chi connectivity index (χ0n) is 19.4. The number of aromatic nitrogens is 2. The number of sulfonamides is 1. The molecular formula is C24H28N6O4S. The number of amides is 1. The summed E-state index contributed by atoms with van der Waals surface area (Å²) in [6.45, 7) is 1.32. The highest BCUT2D eigenvalue weighted by Gasteiger charge is 2.32. The van der Waals surface area contributed by atoms with E-state index >= 15 is 0 Å². The van der Waals surface area contributed by atoms with Crippen molar-refractivity contribution in [2.45, 2.75) is 36.7 Å². The van der Waals surface area contributed by atoms with Gasteiger partial charge in [0.1, 0.15) is 24.9 Å². The molecule has 0 aliphatic carbocycles. The van der Waals surface area contributed by atoms with Gasteiger partial charge >= 0.3 is 0 Å². The van der Waals surface area contributed by atoms with Crippen molar-refractivity contribution in [2.24, 2.45) is 11.1 Å². The maximum atomic E-state index is 13.5. The van der Waals surface area contributed by atoms with Gasteiger partial charge in [0.25, 0.3) is 0 Å². The van der Waals surface area contributed by atoms with Gasteiger partial charge in [0.15, 0.2) is 0 Å². The summed E-state index contributed by atoms with van der Waals surface area (Å²) in [6.07, 6.45) is 6.81. The van der Waals surface area contributed by atoms with Crippen LogP contribution < -0.4 is 4.72 Å². The van der Waals surface area contributed by atoms with Gasteiger partial charge in [-0.15, -0.1) is 0 Å². The molecular weight excluding hydrogens is 468 g/mol. The van der Waals surface area contributed by atoms with Gasteiger partial charge in [-0.3, -0.25) is 4.79 Å². The molecule has 1 saturated heterocycles. The third-order valence-corrected chi connectivity index (χ3v) is 7.80. The van der Waals surface area contributed by atoms with Crippen molar-refractivity contribution < 1.29 is 18.0 Å². The number of rotatable bonds is 9. The van der Waals surface area contributed by atoms with Crippen LogP contribution in [0.4, 0.5) is 0 Å². The average molecular weight is 497 g/mol. The molecule has 0 radical (unpaired) electrons. The highest BCUT2D eigenvalue weighted by Crippen LogP contribution is 2.23. The second-order valence-electron chi connectivity index (χ2n) is 8.46. The number of hydrogen-bond acceptors (Lipinski definition) is 6. The summed E-state index contributed by atoms with van der Waals surface area (Å²) < 4.78 is 31.2. The number of aryl methyl sites for hydroxylation is 1. The molecule has 1 aliphatic heterocycles. The van der Waals surface area contributed by atoms with Gasteiger partial charge in [0.2, 0.25) is 15.9 Å². The number of H-pyrrole nitrogens is 1. The van der Waals surface area contributed by atoms with Crippen LogP contribution in [0, 0.1) is 17.2 Å². The summed E-state index contributed by atoms with van der Waals surface area (Å²) in [7, 11) is -2.51. The molecule has 35 heavy (non-hydrogen) atoms. The van der Waals surface area contributed by atoms with E-state index in [9.17, 15) is 18.5 Å². The molecule has 1 amide bonds. The molecule has 184 valence electrons. The van der Waals surface area contributed by atoms with Gasteiger partial charge in [0.05, 0.1) is 4.90 Å². The number of oxime groups is 1. The maximum Gasteiger partial charge on any atom is 0.241 e. The number of nitrogens with zero attached hydrogens (tertiary/aromatic N) is 4. The first kappa shape index (κ1) is 24.5. The zero-order valence-corrected chi connectivity index (χ0v) is 20.2. The minimum atomic E-state index is -4.00. The second kappa shape index (κ2) is 10.8. The van der Waals surface area contributed by atoms with Crippen molar-refractivity contribution in [3.05, 3.63) is 54.5 Å². The topological polar surface area (TPSA) is 133 Å². The number of piperidine rings is 1. The van der Waals surface area contributed by atoms with E-state index in [1.165, 1.54) is 13.2 Å². The third kappa shape index (κ3) is 5.55. The molecule has 1 aliphatic rings. The predicted octanol–water partition coefficient (Wildman–Crippen LogP) is 2.45. The molecule has 10 nitrogen and oxygen atoms in total. The van der Waals surface area contributed by atoms with E-state index in [0.717, 1.165) is 12.8 Å². The summed E-state index contributed by atoms with van der Waals surface area (Å²) in [4.78, 5) is 23.1. The minimum Gasteiger partial charge on any atom is -0.399 e. The molecule has 1 atom stereocenters. The smallest absolute Gasteiger partial charge is 0.241 e. The number of carbonyl (C=O) groups is 1. The lowest BCUT2D eigenvalue weighted by Crippen LogP contribution is -2.51. The monoisotopic (exact) mass is 496 g/mol. The first-order valence-corrected chi connectivity index (χ1v) is 12.9. The van der Waals surface area contributed by atoms with Crippen molar-refractivity contribution in [1.29, 1.82) is 5.26 Å². The van der Waals surface area contributed by atoms with Gasteiger partial charge in [-0.1, -0.05) is 11.2 Å². The Hall–Kier alpha value is -3.62. The van der Waals surface area contributed by atoms with E-state index < -0.39 is 16.1 Å². The fourth-order valence-electron chi connectivity index (χ4n) is 4.39. The van der Waals surface area contributed by atoms with E-state index in [0.29, 0.717) is 36.2 Å². The van der Waals surface area contributed by atoms with Crippen LogP contribution in [0.3, 0.4) is 0 Å². The summed E-state index contributed by atoms with van der Waals surface area (Å²) in [5.74, 6) is -0.0685. The van der Waals surface area contributed by atoms with E-state index in [-0.39, 0.29) is 23.1 Å². The Bertz CT molecular complexity index is 1350. The van der Waals surface area contributed by atoms with Crippen molar-refractivity contribution in [3.63, 3.8) is 0 Å². The van der Waals surface area contributed by atoms with Crippen molar-refractivity contribution >= 4 is 33.0 Å². The molecule has 1 fully saturated rings. The summed E-state index contributed by atoms with van der Waals surface area (Å²) in [5, 5.41) is 13.7. The zero-order chi connectivity index (χ0) is 24.8. The molecule has 3 heterocycles. The van der Waals surface area contributed by atoms with Crippen LogP contribution in [0.25, 0.3) is 10.9 Å². The van der Waals surface area contributed by atoms with Crippen LogP contribution in [0.2, 0.25) is 0 Å². The van der Waals surface area contributed by atoms with Gasteiger partial charge in [0, 0.05) is 55.1 Å². The van der Waals surface area contributed by atoms with Gasteiger partial charge in [-0.05, 0) is 49.6 Å². The maximum absolute atomic E-state index is 13.5. The van der Waals surface area contributed by atoms with Crippen LogP contribution in [0.5, 0.6) is 0 Å². The molecule has 3 aromatic rings. The number of fused-ring (bicyclic) bond motifs is 1. The Morgan fingerprint density at radius 3 is 2.86 bits per heavy atom. The lowest BCUT2D eigenvalue weighted by Gasteiger charge is -2.33. The van der Waals surface area contributed by atoms with Gasteiger partial charge in [-0.25, -0.2) is 8.42 Å². The fraction of sp³-hybridized carbons (Fsp3) is 0.375. The van der Waals surface area contributed by atoms with Crippen LogP contribution in [0.1, 0.15) is 25.0 Å². The van der Waals surface area contributed by atoms with Crippen molar-refractivity contribution in [2.75, 3.05) is 20.2 Å². The summed E-state index contributed by atoms with van der Waals surface area (Å²) >= 11 is 0. The van der Waals surface area contributed by atoms with Crippen molar-refractivity contribution in [3.8, 4) is 6.07 Å². The molecule has 4 rings (SSSR count). The van der Waals surface area contributed by atoms with Crippen molar-refractivity contribution in [1.82, 2.24) is 19.2 Å². The second-order valence-corrected chi connectivity index (χ2v) is 10.1. The normalized spacial score (nSPS) is 15.9. The van der Waals surface area contributed by atoms with E-state index in [1.807, 2.05) is 0 Å². The molecule has 0 saturated carbocycles. The van der Waals surface area contributed by atoms with E-state index in [1.54, 1.807) is 58.4 Å². The molecule has 1 unspecified atom stereocenters. The number of nitrogens with one attached hydrogen (secondary N) is 2. The largest absolute Gasteiger partial charge is 0.399 e. The number of likely N-dealkylation sites (tertiary alicyclic amines) is 1. The Morgan fingerprint density at radius 1 is 1.31 bits per heavy atom. The Balaban J connectivity index is 1.55. The molecule has 2 N–H and O–H groups in total. The predicted molar refractivity (Wildman–Crippen MR) is 131 cm³/mol. The fourth-order valence-corrected chi connectivity index (χ4v) is 5.83. The number of nitriles is 1. The number of hydrogen-bond donors (Lipinski definition) is 2. The average Bonchev–Trinajstić information content (AvgIpc) is 3.54. The van der Waals surface area contributed by atoms with Gasteiger partial charge in [-0.2, -0.15) is 9.98 Å². The van der Waals surface area contributed by atoms with Crippen LogP contribution in [0.15, 0.2) is 58.8 Å². The molecule has 0 bridgehead atoms. The van der Waals surface area contributed by atoms with Gasteiger partial charge < -0.3 is 19.3 Å². The Kier molecular flexibility index (Phi) is 7.53. The Morgan fingerprint density at radius 2 is 2.11 bits per heavy atom. The van der Waals surface area contributed by atoms with E-state index in [4.69, 9.17) is 4.84 Å². The minimum absolute atomic E-state index is 0.113.